The van der Waals surface area contributed by atoms with Crippen molar-refractivity contribution in [2.75, 3.05) is 0 Å². The molecule has 1 N–H and O–H groups in total. The van der Waals surface area contributed by atoms with E-state index in [4.69, 9.17) is 0 Å². The molecule has 0 unspecified atom stereocenters. The highest BCUT2D eigenvalue weighted by Gasteiger charge is 2.13. The second-order valence-electron chi connectivity index (χ2n) is 4.59. The summed E-state index contributed by atoms with van der Waals surface area (Å²) in [7, 11) is 0. The van der Waals surface area contributed by atoms with Gasteiger partial charge in [-0.05, 0) is 24.3 Å². The van der Waals surface area contributed by atoms with Crippen molar-refractivity contribution in [2.45, 2.75) is 0 Å². The highest BCUT2D eigenvalue weighted by atomic mass is 35.5. The lowest BCUT2D eigenvalue weighted by Gasteiger charge is -1.98. The first kappa shape index (κ1) is 16.2. The average Bonchev–Trinajstić information content (AvgIpc) is 2.96. The molecule has 7 heteroatoms. The Kier molecular flexibility index (Phi) is 4.74. The zero-order chi connectivity index (χ0) is 15.5. The minimum Gasteiger partial charge on any atom is -0.337 e. The zero-order valence-electron chi connectivity index (χ0n) is 11.8. The van der Waals surface area contributed by atoms with E-state index in [-0.39, 0.29) is 23.7 Å². The summed E-state index contributed by atoms with van der Waals surface area (Å²) < 4.78 is 0. The molecular weight excluding hydrogens is 316 g/mol. The van der Waals surface area contributed by atoms with Gasteiger partial charge < -0.3 is 4.98 Å². The standard InChI is InChI=1S/C16H10N4O2.ClH/c17-10-12(9-11-5-1-4-8-15(11)20(21)22)16-18-13-6-2-3-7-14(13)19-16;/h1-9H,(H,18,19);1H. The van der Waals surface area contributed by atoms with Gasteiger partial charge in [0, 0.05) is 6.07 Å². The molecule has 0 amide bonds. The summed E-state index contributed by atoms with van der Waals surface area (Å²) in [5.41, 5.74) is 2.10. The molecule has 0 aliphatic heterocycles. The summed E-state index contributed by atoms with van der Waals surface area (Å²) >= 11 is 0. The number of imidazole rings is 1. The van der Waals surface area contributed by atoms with E-state index in [1.165, 1.54) is 12.1 Å². The Labute approximate surface area is 137 Å². The number of aromatic nitrogens is 2. The van der Waals surface area contributed by atoms with Crippen molar-refractivity contribution in [3.8, 4) is 6.07 Å². The molecule has 0 fully saturated rings. The van der Waals surface area contributed by atoms with Gasteiger partial charge in [-0.3, -0.25) is 10.1 Å². The number of hydrogen-bond acceptors (Lipinski definition) is 4. The molecule has 2 aromatic carbocycles. The van der Waals surface area contributed by atoms with Gasteiger partial charge in [0.05, 0.1) is 27.1 Å². The number of allylic oxidation sites excluding steroid dienone is 1. The number of para-hydroxylation sites is 3. The number of aromatic amines is 1. The average molecular weight is 327 g/mol. The minimum atomic E-state index is -0.473. The molecule has 23 heavy (non-hydrogen) atoms. The minimum absolute atomic E-state index is 0. The van der Waals surface area contributed by atoms with Gasteiger partial charge >= 0.3 is 0 Å². The second kappa shape index (κ2) is 6.73. The Morgan fingerprint density at radius 2 is 1.91 bits per heavy atom. The molecule has 0 aliphatic rings. The third-order valence-electron chi connectivity index (χ3n) is 3.20. The summed E-state index contributed by atoms with van der Waals surface area (Å²) in [6.45, 7) is 0. The summed E-state index contributed by atoms with van der Waals surface area (Å²) in [6, 6.07) is 15.7. The van der Waals surface area contributed by atoms with Gasteiger partial charge in [-0.1, -0.05) is 24.3 Å². The highest BCUT2D eigenvalue weighted by molar-refractivity contribution is 5.91. The first-order valence-electron chi connectivity index (χ1n) is 6.49. The Balaban J connectivity index is 0.00000192. The van der Waals surface area contributed by atoms with Crippen LogP contribution in [0.1, 0.15) is 11.4 Å². The van der Waals surface area contributed by atoms with Crippen LogP contribution in [0.3, 0.4) is 0 Å². The van der Waals surface area contributed by atoms with Crippen molar-refractivity contribution < 1.29 is 4.92 Å². The van der Waals surface area contributed by atoms with Crippen LogP contribution in [0.2, 0.25) is 0 Å². The molecule has 114 valence electrons. The maximum absolute atomic E-state index is 11.0. The largest absolute Gasteiger partial charge is 0.337 e. The van der Waals surface area contributed by atoms with Crippen LogP contribution in [-0.4, -0.2) is 14.9 Å². The van der Waals surface area contributed by atoms with Crippen molar-refractivity contribution in [1.29, 1.82) is 5.26 Å². The van der Waals surface area contributed by atoms with Crippen LogP contribution in [0.15, 0.2) is 48.5 Å². The summed E-state index contributed by atoms with van der Waals surface area (Å²) in [5, 5.41) is 20.4. The fourth-order valence-electron chi connectivity index (χ4n) is 2.17. The van der Waals surface area contributed by atoms with Crippen LogP contribution in [0.25, 0.3) is 22.7 Å². The molecular formula is C16H11ClN4O2. The Morgan fingerprint density at radius 1 is 1.22 bits per heavy atom. The van der Waals surface area contributed by atoms with E-state index < -0.39 is 4.92 Å². The van der Waals surface area contributed by atoms with Crippen molar-refractivity contribution >= 4 is 40.8 Å². The molecule has 0 spiro atoms. The number of hydrogen-bond donors (Lipinski definition) is 1. The Morgan fingerprint density at radius 3 is 2.61 bits per heavy atom. The Hall–Kier alpha value is -3.17. The van der Waals surface area contributed by atoms with Gasteiger partial charge in [0.15, 0.2) is 0 Å². The highest BCUT2D eigenvalue weighted by Crippen LogP contribution is 2.24. The lowest BCUT2D eigenvalue weighted by Crippen LogP contribution is -1.92. The molecule has 0 aliphatic carbocycles. The normalized spacial score (nSPS) is 10.8. The van der Waals surface area contributed by atoms with E-state index in [1.54, 1.807) is 18.2 Å². The monoisotopic (exact) mass is 326 g/mol. The smallest absolute Gasteiger partial charge is 0.276 e. The van der Waals surface area contributed by atoms with Gasteiger partial charge in [0.2, 0.25) is 0 Å². The predicted octanol–water partition coefficient (Wildman–Crippen LogP) is 3.96. The zero-order valence-corrected chi connectivity index (χ0v) is 12.6. The van der Waals surface area contributed by atoms with Gasteiger partial charge in [0.25, 0.3) is 5.69 Å². The lowest BCUT2D eigenvalue weighted by atomic mass is 10.1. The molecule has 3 aromatic rings. The molecule has 1 aromatic heterocycles. The lowest BCUT2D eigenvalue weighted by molar-refractivity contribution is -0.385. The molecule has 0 saturated carbocycles. The summed E-state index contributed by atoms with van der Waals surface area (Å²) in [6.07, 6.45) is 1.47. The van der Waals surface area contributed by atoms with E-state index in [9.17, 15) is 15.4 Å². The van der Waals surface area contributed by atoms with E-state index >= 15 is 0 Å². The maximum Gasteiger partial charge on any atom is 0.276 e. The predicted molar refractivity (Wildman–Crippen MR) is 89.9 cm³/mol. The van der Waals surface area contributed by atoms with Crippen LogP contribution in [-0.2, 0) is 0 Å². The van der Waals surface area contributed by atoms with E-state index in [2.05, 4.69) is 9.97 Å². The number of rotatable bonds is 3. The fraction of sp³-hybridized carbons (Fsp3) is 0. The number of H-pyrrole nitrogens is 1. The molecule has 3 rings (SSSR count). The van der Waals surface area contributed by atoms with Crippen molar-refractivity contribution in [2.24, 2.45) is 0 Å². The number of nitrogens with one attached hydrogen (secondary N) is 1. The maximum atomic E-state index is 11.0. The van der Waals surface area contributed by atoms with Crippen LogP contribution in [0.5, 0.6) is 0 Å². The number of fused-ring (bicyclic) bond motifs is 1. The molecule has 0 bridgehead atoms. The number of nitrogens with zero attached hydrogens (tertiary/aromatic N) is 3. The van der Waals surface area contributed by atoms with Gasteiger partial charge in [-0.25, -0.2) is 4.98 Å². The van der Waals surface area contributed by atoms with Crippen molar-refractivity contribution in [3.63, 3.8) is 0 Å². The third kappa shape index (κ3) is 3.20. The third-order valence-corrected chi connectivity index (χ3v) is 3.20. The second-order valence-corrected chi connectivity index (χ2v) is 4.59. The van der Waals surface area contributed by atoms with Crippen LogP contribution < -0.4 is 0 Å². The fourth-order valence-corrected chi connectivity index (χ4v) is 2.17. The molecule has 0 atom stereocenters. The molecule has 0 saturated heterocycles. The quantitative estimate of drug-likeness (QED) is 0.447. The Bertz CT molecular complexity index is 907. The topological polar surface area (TPSA) is 95.6 Å². The number of nitro benzene ring substituents is 1. The van der Waals surface area contributed by atoms with Gasteiger partial charge in [-0.15, -0.1) is 12.4 Å². The van der Waals surface area contributed by atoms with Gasteiger partial charge in [-0.2, -0.15) is 5.26 Å². The van der Waals surface area contributed by atoms with Crippen molar-refractivity contribution in [1.82, 2.24) is 9.97 Å². The summed E-state index contributed by atoms with van der Waals surface area (Å²) in [5.74, 6) is 0.391. The molecule has 0 radical (unpaired) electrons. The molecule has 1 heterocycles. The first-order valence-corrected chi connectivity index (χ1v) is 6.49. The van der Waals surface area contributed by atoms with Crippen LogP contribution in [0, 0.1) is 21.4 Å². The van der Waals surface area contributed by atoms with Gasteiger partial charge in [0.1, 0.15) is 11.9 Å². The van der Waals surface area contributed by atoms with Crippen LogP contribution >= 0.6 is 12.4 Å². The SMILES string of the molecule is Cl.N#CC(=Cc1ccccc1[N+](=O)[O-])c1nc2ccccc2[nH]1. The summed E-state index contributed by atoms with van der Waals surface area (Å²) in [4.78, 5) is 17.9. The number of nitro groups is 1. The van der Waals surface area contributed by atoms with Crippen molar-refractivity contribution in [3.05, 3.63) is 70.0 Å². The number of nitriles is 1. The number of benzene rings is 2. The molecule has 6 nitrogen and oxygen atoms in total. The first-order chi connectivity index (χ1) is 10.7. The van der Waals surface area contributed by atoms with E-state index in [0.717, 1.165) is 11.0 Å². The van der Waals surface area contributed by atoms with E-state index in [0.29, 0.717) is 11.4 Å². The van der Waals surface area contributed by atoms with Crippen LogP contribution in [0.4, 0.5) is 5.69 Å². The number of halogens is 1. The van der Waals surface area contributed by atoms with E-state index in [1.807, 2.05) is 30.3 Å².